The van der Waals surface area contributed by atoms with Crippen molar-refractivity contribution in [3.05, 3.63) is 108 Å². The van der Waals surface area contributed by atoms with Gasteiger partial charge < -0.3 is 43.0 Å². The molecule has 6 rings (SSSR count). The number of allylic oxidation sites excluding steroid dienone is 8. The van der Waals surface area contributed by atoms with Crippen molar-refractivity contribution in [3.63, 3.8) is 0 Å². The zero-order valence-electron chi connectivity index (χ0n) is 48.5. The summed E-state index contributed by atoms with van der Waals surface area (Å²) in [5, 5.41) is 9.21. The summed E-state index contributed by atoms with van der Waals surface area (Å²) >= 11 is 0. The van der Waals surface area contributed by atoms with Gasteiger partial charge in [-0.15, -0.1) is 0 Å². The van der Waals surface area contributed by atoms with Crippen molar-refractivity contribution in [2.75, 3.05) is 104 Å². The lowest BCUT2D eigenvalue weighted by Crippen LogP contribution is -2.33. The van der Waals surface area contributed by atoms with Crippen molar-refractivity contribution in [3.8, 4) is 0 Å². The Bertz CT molecular complexity index is 3900. The first kappa shape index (κ1) is 70.7. The minimum absolute atomic E-state index is 0.00166. The number of rotatable bonds is 37. The van der Waals surface area contributed by atoms with E-state index in [0.29, 0.717) is 118 Å². The Morgan fingerprint density at radius 1 is 0.586 bits per heavy atom. The van der Waals surface area contributed by atoms with E-state index >= 15 is 0 Å². The van der Waals surface area contributed by atoms with Crippen LogP contribution in [0.2, 0.25) is 0 Å². The van der Waals surface area contributed by atoms with Crippen LogP contribution in [-0.2, 0) is 94.6 Å². The van der Waals surface area contributed by atoms with Crippen LogP contribution in [0.3, 0.4) is 0 Å². The number of hydrogen-bond acceptors (Lipinski definition) is 19. The number of nitrogens with zero attached hydrogens (tertiary/aromatic N) is 2. The van der Waals surface area contributed by atoms with Gasteiger partial charge in [0.2, 0.25) is 5.69 Å². The van der Waals surface area contributed by atoms with E-state index in [1.54, 1.807) is 56.6 Å². The molecule has 0 aromatic heterocycles. The van der Waals surface area contributed by atoms with Crippen LogP contribution in [0.15, 0.2) is 116 Å². The number of benzene rings is 4. The lowest BCUT2D eigenvalue weighted by molar-refractivity contribution is -0.433. The molecule has 5 N–H and O–H groups in total. The maximum atomic E-state index is 12.8. The van der Waals surface area contributed by atoms with E-state index in [1.165, 1.54) is 18.2 Å². The van der Waals surface area contributed by atoms with Gasteiger partial charge in [-0.25, -0.2) is 8.42 Å². The van der Waals surface area contributed by atoms with Crippen LogP contribution >= 0.6 is 0 Å². The summed E-state index contributed by atoms with van der Waals surface area (Å²) in [5.41, 5.74) is 0.576. The molecule has 0 aliphatic carbocycles. The number of carbonyl (C=O) groups is 1. The first-order valence-corrected chi connectivity index (χ1v) is 35.0. The van der Waals surface area contributed by atoms with Crippen LogP contribution in [0.5, 0.6) is 0 Å². The lowest BCUT2D eigenvalue weighted by atomic mass is 9.75. The maximum Gasteiger partial charge on any atom is 0.303 e. The summed E-state index contributed by atoms with van der Waals surface area (Å²) in [4.78, 5) is 9.90. The first-order valence-electron chi connectivity index (χ1n) is 27.7. The maximum absolute atomic E-state index is 12.8. The molecule has 0 bridgehead atoms. The van der Waals surface area contributed by atoms with Crippen LogP contribution in [0, 0.1) is 0 Å². The van der Waals surface area contributed by atoms with Crippen molar-refractivity contribution >= 4 is 95.2 Å². The van der Waals surface area contributed by atoms with Gasteiger partial charge in [0.1, 0.15) is 21.6 Å². The summed E-state index contributed by atoms with van der Waals surface area (Å²) in [5.74, 6) is -1.68. The second kappa shape index (κ2) is 30.4. The lowest BCUT2D eigenvalue weighted by Gasteiger charge is -2.31. The van der Waals surface area contributed by atoms with E-state index in [0.717, 1.165) is 12.1 Å². The van der Waals surface area contributed by atoms with Gasteiger partial charge in [0.15, 0.2) is 5.71 Å². The summed E-state index contributed by atoms with van der Waals surface area (Å²) in [6, 6.07) is 9.41. The van der Waals surface area contributed by atoms with Crippen molar-refractivity contribution in [1.82, 2.24) is 0 Å². The highest BCUT2D eigenvalue weighted by Crippen LogP contribution is 2.54. The van der Waals surface area contributed by atoms with Gasteiger partial charge >= 0.3 is 5.97 Å². The van der Waals surface area contributed by atoms with Crippen LogP contribution < -0.4 is 4.90 Å². The fourth-order valence-corrected chi connectivity index (χ4v) is 14.2. The van der Waals surface area contributed by atoms with Crippen molar-refractivity contribution < 1.29 is 108 Å². The molecule has 25 nitrogen and oxygen atoms in total. The molecule has 0 radical (unpaired) electrons. The molecule has 0 saturated carbocycles. The monoisotopic (exact) mass is 1310 g/mol. The van der Waals surface area contributed by atoms with Gasteiger partial charge in [0, 0.05) is 66.6 Å². The quantitative estimate of drug-likeness (QED) is 0.0134. The molecule has 0 saturated heterocycles. The summed E-state index contributed by atoms with van der Waals surface area (Å²) < 4.78 is 214. The Morgan fingerprint density at radius 2 is 1.10 bits per heavy atom. The number of ether oxygens (including phenoxy) is 6. The number of carboxylic acid groups (broad SMARTS) is 1. The standard InChI is InChI=1S/C57H74N2O23S5/c1-5-58-47-20-18-43-45(37-41(84(65,66)67)39-49(43)86(71,72)73)54(47)57(3,23-25-78-28-29-80-32-33-82-35-34-81-31-30-79-27-26-77-4)51(58)15-10-7-6-8-11-16-52-56(2,22-14-36-83(62,63)64)55-46-38-42(85(68,69)70)40-50(87(74,75)76)44(46)19-21-48(55)59(52)24-13-9-12-17-53(60)61/h6-8,10-11,15-16,18-21,37-40H,5,9,12-14,17,22-36H2,1-4H3,(H5-,60,61,62,63,64,65,66,67,68,69,70,71,72,73,74,75,76). The zero-order valence-corrected chi connectivity index (χ0v) is 52.6. The molecule has 480 valence electrons. The van der Waals surface area contributed by atoms with E-state index in [-0.39, 0.29) is 80.2 Å². The summed E-state index contributed by atoms with van der Waals surface area (Å²) in [7, 11) is -23.4. The Morgan fingerprint density at radius 3 is 1.63 bits per heavy atom. The van der Waals surface area contributed by atoms with E-state index in [1.807, 2.05) is 29.4 Å². The van der Waals surface area contributed by atoms with E-state index in [9.17, 15) is 74.8 Å². The molecular weight excluding hydrogens is 1240 g/mol. The number of fused-ring (bicyclic) bond motifs is 6. The molecule has 0 fully saturated rings. The predicted molar refractivity (Wildman–Crippen MR) is 321 cm³/mol. The van der Waals surface area contributed by atoms with Crippen LogP contribution in [0.4, 0.5) is 11.4 Å². The molecule has 87 heavy (non-hydrogen) atoms. The SMILES string of the molecule is CC[N+]1=C(/C=C/C=C/C=C/C=C2/N(CCCCCC(=O)O)c3ccc4c(S(=O)(=O)[O-])cc(S(=O)(=O)O)cc4c3C2(C)CCCS(=O)(=O)O)C(C)(CCOCCOCCOCCOCCOCCOC)c2c1ccc1c(S(=O)(=O)O)cc(S(=O)(=O)O)cc21. The van der Waals surface area contributed by atoms with Crippen molar-refractivity contribution in [1.29, 1.82) is 0 Å². The fraction of sp³-hybridized carbons (Fsp3) is 0.474. The molecule has 2 atom stereocenters. The molecule has 2 heterocycles. The molecular formula is C57H74N2O23S5. The highest BCUT2D eigenvalue weighted by Gasteiger charge is 2.49. The topological polar surface area (TPSA) is 374 Å². The number of methoxy groups -OCH3 is 1. The van der Waals surface area contributed by atoms with Crippen LogP contribution in [0.25, 0.3) is 21.5 Å². The second-order valence-corrected chi connectivity index (χ2v) is 28.0. The minimum atomic E-state index is -5.37. The Kier molecular flexibility index (Phi) is 24.7. The third-order valence-electron chi connectivity index (χ3n) is 14.9. The number of hydrogen-bond donors (Lipinski definition) is 5. The Balaban J connectivity index is 1.33. The van der Waals surface area contributed by atoms with E-state index in [2.05, 4.69) is 0 Å². The van der Waals surface area contributed by atoms with Crippen molar-refractivity contribution in [2.45, 2.75) is 96.1 Å². The summed E-state index contributed by atoms with van der Waals surface area (Å²) in [6.07, 6.45) is 13.1. The average molecular weight is 1320 g/mol. The molecule has 4 aromatic carbocycles. The van der Waals surface area contributed by atoms with Gasteiger partial charge in [0.25, 0.3) is 40.5 Å². The molecule has 4 aromatic rings. The highest BCUT2D eigenvalue weighted by atomic mass is 32.2. The number of aliphatic carboxylic acids is 1. The van der Waals surface area contributed by atoms with Gasteiger partial charge in [-0.1, -0.05) is 42.9 Å². The third kappa shape index (κ3) is 18.4. The normalized spacial score (nSPS) is 18.3. The molecule has 2 unspecified atom stereocenters. The van der Waals surface area contributed by atoms with Crippen LogP contribution in [0.1, 0.15) is 76.8 Å². The first-order chi connectivity index (χ1) is 40.9. The third-order valence-corrected chi connectivity index (χ3v) is 19.2. The van der Waals surface area contributed by atoms with Crippen molar-refractivity contribution in [2.24, 2.45) is 0 Å². The average Bonchev–Trinajstić information content (AvgIpc) is 1.90. The molecule has 30 heteroatoms. The molecule has 2 aliphatic heterocycles. The predicted octanol–water partition coefficient (Wildman–Crippen LogP) is 6.78. The van der Waals surface area contributed by atoms with Gasteiger partial charge in [-0.3, -0.25) is 23.0 Å². The highest BCUT2D eigenvalue weighted by molar-refractivity contribution is 7.87. The van der Waals surface area contributed by atoms with Gasteiger partial charge in [-0.05, 0) is 117 Å². The smallest absolute Gasteiger partial charge is 0.303 e. The molecule has 0 amide bonds. The Labute approximate surface area is 507 Å². The van der Waals surface area contributed by atoms with Gasteiger partial charge in [-0.2, -0.15) is 38.2 Å². The minimum Gasteiger partial charge on any atom is -0.744 e. The molecule has 2 aliphatic rings. The van der Waals surface area contributed by atoms with Gasteiger partial charge in [0.05, 0.1) is 91.9 Å². The number of anilines is 1. The number of unbranched alkanes of at least 4 members (excludes halogenated alkanes) is 2. The zero-order chi connectivity index (χ0) is 64.0. The fourth-order valence-electron chi connectivity index (χ4n) is 11.0. The Hall–Kier alpha value is -5.39. The molecule has 0 spiro atoms. The van der Waals surface area contributed by atoms with Crippen LogP contribution in [-0.4, -0.2) is 185 Å². The summed E-state index contributed by atoms with van der Waals surface area (Å²) in [6.45, 7) is 9.72. The van der Waals surface area contributed by atoms with E-state index in [4.69, 9.17) is 28.4 Å². The largest absolute Gasteiger partial charge is 0.744 e. The van der Waals surface area contributed by atoms with E-state index < -0.39 is 92.7 Å². The number of carboxylic acids is 1. The second-order valence-electron chi connectivity index (χ2n) is 20.9.